The highest BCUT2D eigenvalue weighted by Gasteiger charge is 1.95. The third kappa shape index (κ3) is 11.2. The van der Waals surface area contributed by atoms with E-state index in [0.29, 0.717) is 6.42 Å². The van der Waals surface area contributed by atoms with Crippen molar-refractivity contribution in [2.24, 2.45) is 0 Å². The van der Waals surface area contributed by atoms with Crippen molar-refractivity contribution >= 4 is 5.97 Å². The van der Waals surface area contributed by atoms with Gasteiger partial charge in [-0.05, 0) is 25.6 Å². The molecule has 0 unspecified atom stereocenters. The minimum Gasteiger partial charge on any atom is -0.481 e. The zero-order valence-corrected chi connectivity index (χ0v) is 8.25. The van der Waals surface area contributed by atoms with E-state index < -0.39 is 18.8 Å². The van der Waals surface area contributed by atoms with Gasteiger partial charge in [0.25, 0.3) is 0 Å². The van der Waals surface area contributed by atoms with E-state index in [1.54, 1.807) is 0 Å². The number of unbranched alkanes of at least 4 members (excludes halogenated alkanes) is 2. The molecule has 0 aromatic heterocycles. The van der Waals surface area contributed by atoms with E-state index in [4.69, 9.17) is 7.85 Å². The number of rotatable bonds is 8. The molecule has 1 N–H and O–H groups in total. The minimum atomic E-state index is -1.56. The van der Waals surface area contributed by atoms with Crippen LogP contribution in [0.4, 0.5) is 0 Å². The van der Waals surface area contributed by atoms with Crippen molar-refractivity contribution in [3.05, 3.63) is 12.2 Å². The second kappa shape index (κ2) is 9.30. The molecule has 0 saturated carbocycles. The third-order valence-electron chi connectivity index (χ3n) is 1.65. The molecule has 0 radical (unpaired) electrons. The fraction of sp³-hybridized carbons (Fsp3) is 0.727. The molecular weight excluding hydrogens is 164 g/mol. The van der Waals surface area contributed by atoms with Gasteiger partial charge in [0.2, 0.25) is 0 Å². The Morgan fingerprint density at radius 2 is 2.15 bits per heavy atom. The fourth-order valence-corrected chi connectivity index (χ4v) is 0.992. The largest absolute Gasteiger partial charge is 0.481 e. The smallest absolute Gasteiger partial charge is 0.303 e. The van der Waals surface area contributed by atoms with Crippen LogP contribution in [0.3, 0.4) is 0 Å². The van der Waals surface area contributed by atoms with Gasteiger partial charge in [-0.2, -0.15) is 0 Å². The molecule has 0 amide bonds. The molecule has 13 heavy (non-hydrogen) atoms. The Bertz CT molecular complexity index is 213. The molecular formula is C11H20O2. The van der Waals surface area contributed by atoms with E-state index >= 15 is 0 Å². The summed E-state index contributed by atoms with van der Waals surface area (Å²) in [6.07, 6.45) is 6.22. The number of hydrogen-bond donors (Lipinski definition) is 1. The van der Waals surface area contributed by atoms with Gasteiger partial charge in [-0.3, -0.25) is 4.79 Å². The molecule has 0 bridgehead atoms. The van der Waals surface area contributed by atoms with E-state index in [9.17, 15) is 4.79 Å². The molecule has 0 atom stereocenters. The Morgan fingerprint density at radius 3 is 2.77 bits per heavy atom. The summed E-state index contributed by atoms with van der Waals surface area (Å²) in [5.41, 5.74) is 0. The van der Waals surface area contributed by atoms with Crippen LogP contribution in [0.5, 0.6) is 0 Å². The van der Waals surface area contributed by atoms with E-state index in [0.717, 1.165) is 25.7 Å². The van der Waals surface area contributed by atoms with Gasteiger partial charge in [-0.1, -0.05) is 31.9 Å². The molecule has 0 spiro atoms. The number of hydrogen-bond acceptors (Lipinski definition) is 1. The van der Waals surface area contributed by atoms with Crippen molar-refractivity contribution in [3.63, 3.8) is 0 Å². The molecule has 76 valence electrons. The summed E-state index contributed by atoms with van der Waals surface area (Å²) in [5, 5.41) is 8.47. The lowest BCUT2D eigenvalue weighted by Crippen LogP contribution is -1.93. The summed E-state index contributed by atoms with van der Waals surface area (Å²) in [4.78, 5) is 10.3. The highest BCUT2D eigenvalue weighted by molar-refractivity contribution is 5.66. The van der Waals surface area contributed by atoms with E-state index in [2.05, 4.69) is 19.1 Å². The second-order valence-corrected chi connectivity index (χ2v) is 2.95. The average molecular weight is 186 g/mol. The number of carbonyl (C=O) groups is 1. The van der Waals surface area contributed by atoms with Crippen LogP contribution in [-0.4, -0.2) is 11.1 Å². The number of carboxylic acids is 1. The lowest BCUT2D eigenvalue weighted by molar-refractivity contribution is -0.137. The third-order valence-corrected chi connectivity index (χ3v) is 1.65. The highest BCUT2D eigenvalue weighted by atomic mass is 16.4. The zero-order chi connectivity index (χ0) is 11.7. The summed E-state index contributed by atoms with van der Waals surface area (Å²) in [5.74, 6) is -1.06. The van der Waals surface area contributed by atoms with Crippen LogP contribution in [0, 0.1) is 0 Å². The molecule has 2 nitrogen and oxygen atoms in total. The molecule has 0 aliphatic heterocycles. The molecule has 0 aliphatic carbocycles. The molecule has 2 heteroatoms. The molecule has 0 saturated heterocycles. The molecule has 0 heterocycles. The first-order chi connectivity index (χ1) is 6.98. The number of aliphatic carboxylic acids is 1. The van der Waals surface area contributed by atoms with Crippen LogP contribution in [0.1, 0.15) is 54.6 Å². The Kier molecular flexibility index (Phi) is 6.29. The fourth-order valence-electron chi connectivity index (χ4n) is 0.992. The quantitative estimate of drug-likeness (QED) is 0.466. The molecule has 0 fully saturated rings. The summed E-state index contributed by atoms with van der Waals surface area (Å²) >= 11 is 0. The summed E-state index contributed by atoms with van der Waals surface area (Å²) in [6.45, 7) is 2.07. The van der Waals surface area contributed by atoms with Crippen LogP contribution >= 0.6 is 0 Å². The second-order valence-electron chi connectivity index (χ2n) is 2.95. The highest BCUT2D eigenvalue weighted by Crippen LogP contribution is 2.05. The van der Waals surface area contributed by atoms with Crippen LogP contribution in [-0.2, 0) is 4.79 Å². The molecule has 0 aliphatic rings. The Labute approximate surface area is 83.5 Å². The summed E-state index contributed by atoms with van der Waals surface area (Å²) in [6, 6.07) is 0. The first-order valence-electron chi connectivity index (χ1n) is 5.85. The Balaban J connectivity index is 3.57. The number of allylic oxidation sites excluding steroid dienone is 2. The predicted molar refractivity (Wildman–Crippen MR) is 54.8 cm³/mol. The zero-order valence-electron chi connectivity index (χ0n) is 10.3. The van der Waals surface area contributed by atoms with Crippen molar-refractivity contribution < 1.29 is 12.6 Å². The molecule has 0 aromatic rings. The van der Waals surface area contributed by atoms with Gasteiger partial charge in [-0.25, -0.2) is 0 Å². The summed E-state index contributed by atoms with van der Waals surface area (Å²) < 4.78 is 14.9. The van der Waals surface area contributed by atoms with Gasteiger partial charge in [-0.15, -0.1) is 0 Å². The van der Waals surface area contributed by atoms with Crippen molar-refractivity contribution in [2.45, 2.75) is 51.8 Å². The van der Waals surface area contributed by atoms with Crippen molar-refractivity contribution in [1.82, 2.24) is 0 Å². The average Bonchev–Trinajstić information content (AvgIpc) is 2.08. The van der Waals surface area contributed by atoms with Gasteiger partial charge >= 0.3 is 5.97 Å². The first kappa shape index (κ1) is 8.79. The van der Waals surface area contributed by atoms with Gasteiger partial charge in [0.05, 0.1) is 0 Å². The normalized spacial score (nSPS) is 14.2. The summed E-state index contributed by atoms with van der Waals surface area (Å²) in [7, 11) is 0. The van der Waals surface area contributed by atoms with E-state index in [-0.39, 0.29) is 0 Å². The van der Waals surface area contributed by atoms with Crippen molar-refractivity contribution in [1.29, 1.82) is 0 Å². The predicted octanol–water partition coefficient (Wildman–Crippen LogP) is 3.38. The van der Waals surface area contributed by atoms with Gasteiger partial charge in [0, 0.05) is 9.16 Å². The van der Waals surface area contributed by atoms with E-state index in [1.165, 1.54) is 0 Å². The maximum Gasteiger partial charge on any atom is 0.303 e. The monoisotopic (exact) mass is 186 g/mol. The lowest BCUT2D eigenvalue weighted by Gasteiger charge is -1.96. The van der Waals surface area contributed by atoms with Gasteiger partial charge in [0.1, 0.15) is 0 Å². The lowest BCUT2D eigenvalue weighted by atomic mass is 10.1. The molecule has 0 rings (SSSR count). The van der Waals surface area contributed by atoms with Crippen molar-refractivity contribution in [2.75, 3.05) is 0 Å². The topological polar surface area (TPSA) is 37.3 Å². The standard InChI is InChI=1S/C11H20O2/c1-2-3-4-5-6-7-8-9-10-11(12)13/h3-4H,2,5-10H2,1H3,(H,12,13)/b4-3-/i9D2. The van der Waals surface area contributed by atoms with Gasteiger partial charge < -0.3 is 5.11 Å². The van der Waals surface area contributed by atoms with E-state index in [1.807, 2.05) is 0 Å². The van der Waals surface area contributed by atoms with Crippen molar-refractivity contribution in [3.8, 4) is 0 Å². The maximum atomic E-state index is 10.3. The Hall–Kier alpha value is -0.790. The van der Waals surface area contributed by atoms with Crippen LogP contribution < -0.4 is 0 Å². The first-order valence-corrected chi connectivity index (χ1v) is 4.85. The number of carboxylic acid groups (broad SMARTS) is 1. The van der Waals surface area contributed by atoms with Crippen LogP contribution in [0.25, 0.3) is 0 Å². The Morgan fingerprint density at radius 1 is 1.38 bits per heavy atom. The van der Waals surface area contributed by atoms with Crippen LogP contribution in [0.15, 0.2) is 12.2 Å². The SMILES string of the molecule is [2H]C([2H])(CCCC/C=C\CC)CC(=O)O. The molecule has 0 aromatic carbocycles. The minimum absolute atomic E-state index is 0.333. The maximum absolute atomic E-state index is 10.3. The van der Waals surface area contributed by atoms with Crippen LogP contribution in [0.2, 0.25) is 0 Å². The van der Waals surface area contributed by atoms with Gasteiger partial charge in [0.15, 0.2) is 0 Å².